The quantitative estimate of drug-likeness (QED) is 0.848. The Balaban J connectivity index is 1.76. The zero-order valence-electron chi connectivity index (χ0n) is 15.4. The maximum atomic E-state index is 12.7. The van der Waals surface area contributed by atoms with Crippen molar-refractivity contribution in [2.45, 2.75) is 13.3 Å². The van der Waals surface area contributed by atoms with Crippen molar-refractivity contribution in [2.75, 3.05) is 31.0 Å². The number of aryl methyl sites for hydroxylation is 1. The Labute approximate surface area is 163 Å². The van der Waals surface area contributed by atoms with Crippen LogP contribution in [0.3, 0.4) is 0 Å². The Morgan fingerprint density at radius 3 is 2.44 bits per heavy atom. The summed E-state index contributed by atoms with van der Waals surface area (Å²) in [6.07, 6.45) is 0.159. The summed E-state index contributed by atoms with van der Waals surface area (Å²) in [5.74, 6) is 0.0795. The summed E-state index contributed by atoms with van der Waals surface area (Å²) < 4.78 is 10.5. The molecule has 0 aliphatic carbocycles. The zero-order chi connectivity index (χ0) is 19.6. The lowest BCUT2D eigenvalue weighted by Gasteiger charge is -2.18. The zero-order valence-corrected chi connectivity index (χ0v) is 16.2. The van der Waals surface area contributed by atoms with Gasteiger partial charge in [0.05, 0.1) is 30.8 Å². The van der Waals surface area contributed by atoms with Gasteiger partial charge in [-0.15, -0.1) is 0 Å². The molecular formula is C20H21ClN2O4. The molecule has 1 aliphatic rings. The molecule has 7 heteroatoms. The third-order valence-corrected chi connectivity index (χ3v) is 4.87. The molecule has 6 nitrogen and oxygen atoms in total. The van der Waals surface area contributed by atoms with Crippen molar-refractivity contribution in [1.29, 1.82) is 0 Å². The maximum absolute atomic E-state index is 12.7. The number of benzene rings is 2. The monoisotopic (exact) mass is 388 g/mol. The van der Waals surface area contributed by atoms with Crippen LogP contribution in [-0.2, 0) is 9.59 Å². The molecule has 0 radical (unpaired) electrons. The van der Waals surface area contributed by atoms with Crippen LogP contribution >= 0.6 is 11.6 Å². The van der Waals surface area contributed by atoms with Crippen LogP contribution in [0.2, 0.25) is 5.02 Å². The van der Waals surface area contributed by atoms with Crippen LogP contribution in [0, 0.1) is 12.8 Å². The van der Waals surface area contributed by atoms with Gasteiger partial charge in [0.1, 0.15) is 11.5 Å². The van der Waals surface area contributed by atoms with Crippen molar-refractivity contribution in [1.82, 2.24) is 0 Å². The number of carbonyl (C=O) groups is 2. The van der Waals surface area contributed by atoms with Gasteiger partial charge in [-0.2, -0.15) is 0 Å². The van der Waals surface area contributed by atoms with E-state index in [0.717, 1.165) is 11.3 Å². The molecule has 0 aromatic heterocycles. The van der Waals surface area contributed by atoms with E-state index in [1.54, 1.807) is 17.0 Å². The molecule has 1 fully saturated rings. The van der Waals surface area contributed by atoms with Gasteiger partial charge in [0.15, 0.2) is 0 Å². The lowest BCUT2D eigenvalue weighted by atomic mass is 10.1. The SMILES string of the molecule is COc1cc(NC(=O)[C@@H]2CC(=O)N(c3ccc(C)cc3)C2)c(OC)cc1Cl. The average molecular weight is 389 g/mol. The first-order valence-corrected chi connectivity index (χ1v) is 8.90. The average Bonchev–Trinajstić information content (AvgIpc) is 3.05. The summed E-state index contributed by atoms with van der Waals surface area (Å²) in [6, 6.07) is 10.9. The number of nitrogens with one attached hydrogen (secondary N) is 1. The fourth-order valence-electron chi connectivity index (χ4n) is 3.05. The second kappa shape index (κ2) is 7.88. The Kier molecular flexibility index (Phi) is 5.56. The molecule has 1 aliphatic heterocycles. The molecule has 142 valence electrons. The highest BCUT2D eigenvalue weighted by Gasteiger charge is 2.35. The van der Waals surface area contributed by atoms with E-state index in [2.05, 4.69) is 5.32 Å². The number of amides is 2. The molecule has 1 heterocycles. The van der Waals surface area contributed by atoms with E-state index in [9.17, 15) is 9.59 Å². The minimum Gasteiger partial charge on any atom is -0.495 e. The lowest BCUT2D eigenvalue weighted by molar-refractivity contribution is -0.122. The summed E-state index contributed by atoms with van der Waals surface area (Å²) in [5.41, 5.74) is 2.36. The number of anilines is 2. The summed E-state index contributed by atoms with van der Waals surface area (Å²) >= 11 is 6.09. The third kappa shape index (κ3) is 4.01. The molecule has 1 atom stereocenters. The van der Waals surface area contributed by atoms with Crippen LogP contribution in [0.15, 0.2) is 36.4 Å². The van der Waals surface area contributed by atoms with Gasteiger partial charge in [0.2, 0.25) is 11.8 Å². The van der Waals surface area contributed by atoms with Gasteiger partial charge in [-0.25, -0.2) is 0 Å². The van der Waals surface area contributed by atoms with Crippen molar-refractivity contribution >= 4 is 34.8 Å². The first-order chi connectivity index (χ1) is 12.9. The highest BCUT2D eigenvalue weighted by molar-refractivity contribution is 6.32. The van der Waals surface area contributed by atoms with Gasteiger partial charge < -0.3 is 19.7 Å². The standard InChI is InChI=1S/C20H21ClN2O4/c1-12-4-6-14(7-5-12)23-11-13(8-19(23)24)20(25)22-16-10-17(26-2)15(21)9-18(16)27-3/h4-7,9-10,13H,8,11H2,1-3H3,(H,22,25)/t13-/m1/s1. The fraction of sp³-hybridized carbons (Fsp3) is 0.300. The predicted octanol–water partition coefficient (Wildman–Crippen LogP) is 3.66. The van der Waals surface area contributed by atoms with E-state index < -0.39 is 5.92 Å². The van der Waals surface area contributed by atoms with E-state index in [-0.39, 0.29) is 18.2 Å². The first-order valence-electron chi connectivity index (χ1n) is 8.52. The number of nitrogens with zero attached hydrogens (tertiary/aromatic N) is 1. The lowest BCUT2D eigenvalue weighted by Crippen LogP contribution is -2.28. The number of methoxy groups -OCH3 is 2. The van der Waals surface area contributed by atoms with Gasteiger partial charge in [-0.05, 0) is 19.1 Å². The van der Waals surface area contributed by atoms with Crippen LogP contribution in [0.25, 0.3) is 0 Å². The molecule has 3 rings (SSSR count). The van der Waals surface area contributed by atoms with Crippen LogP contribution in [0.5, 0.6) is 11.5 Å². The summed E-state index contributed by atoms with van der Waals surface area (Å²) in [7, 11) is 2.99. The molecule has 0 bridgehead atoms. The van der Waals surface area contributed by atoms with Gasteiger partial charge in [-0.3, -0.25) is 9.59 Å². The van der Waals surface area contributed by atoms with Crippen LogP contribution < -0.4 is 19.7 Å². The summed E-state index contributed by atoms with van der Waals surface area (Å²) in [5, 5.41) is 3.21. The first kappa shape index (κ1) is 19.0. The number of hydrogen-bond acceptors (Lipinski definition) is 4. The van der Waals surface area contributed by atoms with Gasteiger partial charge >= 0.3 is 0 Å². The van der Waals surface area contributed by atoms with Crippen LogP contribution in [0.4, 0.5) is 11.4 Å². The smallest absolute Gasteiger partial charge is 0.229 e. The third-order valence-electron chi connectivity index (χ3n) is 4.57. The molecular weight excluding hydrogens is 368 g/mol. The molecule has 1 saturated heterocycles. The topological polar surface area (TPSA) is 67.9 Å². The van der Waals surface area contributed by atoms with E-state index >= 15 is 0 Å². The normalized spacial score (nSPS) is 16.4. The van der Waals surface area contributed by atoms with Crippen LogP contribution in [-0.4, -0.2) is 32.6 Å². The fourth-order valence-corrected chi connectivity index (χ4v) is 3.28. The van der Waals surface area contributed by atoms with Gasteiger partial charge in [0.25, 0.3) is 0 Å². The number of ether oxygens (including phenoxy) is 2. The molecule has 2 aromatic rings. The highest BCUT2D eigenvalue weighted by Crippen LogP contribution is 2.36. The Morgan fingerprint density at radius 1 is 1.15 bits per heavy atom. The molecule has 2 amide bonds. The summed E-state index contributed by atoms with van der Waals surface area (Å²) in [4.78, 5) is 26.7. The Morgan fingerprint density at radius 2 is 1.81 bits per heavy atom. The Hall–Kier alpha value is -2.73. The molecule has 2 aromatic carbocycles. The second-order valence-electron chi connectivity index (χ2n) is 6.42. The van der Waals surface area contributed by atoms with Crippen LogP contribution in [0.1, 0.15) is 12.0 Å². The van der Waals surface area contributed by atoms with E-state index in [1.165, 1.54) is 14.2 Å². The molecule has 1 N–H and O–H groups in total. The van der Waals surface area contributed by atoms with Crippen molar-refractivity contribution in [3.8, 4) is 11.5 Å². The predicted molar refractivity (Wildman–Crippen MR) is 105 cm³/mol. The van der Waals surface area contributed by atoms with Crippen molar-refractivity contribution in [3.63, 3.8) is 0 Å². The van der Waals surface area contributed by atoms with Crippen molar-refractivity contribution in [3.05, 3.63) is 47.0 Å². The molecule has 0 saturated carbocycles. The molecule has 27 heavy (non-hydrogen) atoms. The van der Waals surface area contributed by atoms with Crippen molar-refractivity contribution < 1.29 is 19.1 Å². The Bertz CT molecular complexity index is 867. The van der Waals surface area contributed by atoms with Gasteiger partial charge in [-0.1, -0.05) is 29.3 Å². The van der Waals surface area contributed by atoms with Gasteiger partial charge in [0, 0.05) is 30.8 Å². The maximum Gasteiger partial charge on any atom is 0.229 e. The summed E-state index contributed by atoms with van der Waals surface area (Å²) in [6.45, 7) is 2.32. The highest BCUT2D eigenvalue weighted by atomic mass is 35.5. The number of carbonyl (C=O) groups excluding carboxylic acids is 2. The second-order valence-corrected chi connectivity index (χ2v) is 6.82. The number of hydrogen-bond donors (Lipinski definition) is 1. The van der Waals surface area contributed by atoms with E-state index in [4.69, 9.17) is 21.1 Å². The number of halogens is 1. The van der Waals surface area contributed by atoms with Crippen molar-refractivity contribution in [2.24, 2.45) is 5.92 Å². The largest absolute Gasteiger partial charge is 0.495 e. The van der Waals surface area contributed by atoms with E-state index in [1.807, 2.05) is 31.2 Å². The minimum atomic E-state index is -0.454. The minimum absolute atomic E-state index is 0.0698. The molecule has 0 unspecified atom stereocenters. The number of rotatable bonds is 5. The molecule has 0 spiro atoms. The van der Waals surface area contributed by atoms with E-state index in [0.29, 0.717) is 28.8 Å².